The number of nitrogen functional groups attached to an aromatic ring is 1. The molecule has 0 amide bonds. The zero-order valence-corrected chi connectivity index (χ0v) is 17.2. The van der Waals surface area contributed by atoms with Crippen molar-refractivity contribution >= 4 is 28.9 Å². The molecular formula is C18H27FN6O4. The van der Waals surface area contributed by atoms with Gasteiger partial charge in [0.25, 0.3) is 0 Å². The molecule has 0 aliphatic carbocycles. The molecular weight excluding hydrogens is 383 g/mol. The molecule has 3 heterocycles. The lowest BCUT2D eigenvalue weighted by molar-refractivity contribution is -0.154. The minimum atomic E-state index is -1.95. The number of carbonyl (C=O) groups excluding carboxylic acids is 1. The largest absolute Gasteiger partial charge is 0.463 e. The number of hydrogen-bond acceptors (Lipinski definition) is 9. The van der Waals surface area contributed by atoms with Gasteiger partial charge in [0.1, 0.15) is 18.8 Å². The lowest BCUT2D eigenvalue weighted by Crippen LogP contribution is -2.43. The summed E-state index contributed by atoms with van der Waals surface area (Å²) in [5.41, 5.74) is 4.60. The molecule has 2 aromatic rings. The first-order chi connectivity index (χ1) is 13.7. The number of rotatable bonds is 7. The highest BCUT2D eigenvalue weighted by Gasteiger charge is 2.57. The number of esters is 1. The molecule has 1 aliphatic rings. The van der Waals surface area contributed by atoms with Gasteiger partial charge in [-0.15, -0.1) is 0 Å². The molecule has 0 saturated carbocycles. The van der Waals surface area contributed by atoms with Crippen LogP contribution in [0.4, 0.5) is 16.2 Å². The van der Waals surface area contributed by atoms with Crippen LogP contribution >= 0.6 is 0 Å². The van der Waals surface area contributed by atoms with Crippen molar-refractivity contribution in [3.63, 3.8) is 0 Å². The lowest BCUT2D eigenvalue weighted by atomic mass is 9.98. The Morgan fingerprint density at radius 3 is 2.83 bits per heavy atom. The Bertz CT molecular complexity index is 887. The van der Waals surface area contributed by atoms with Gasteiger partial charge in [-0.1, -0.05) is 13.8 Å². The quantitative estimate of drug-likeness (QED) is 0.655. The molecule has 29 heavy (non-hydrogen) atoms. The topological polar surface area (TPSA) is 126 Å². The number of carbonyl (C=O) groups is 1. The van der Waals surface area contributed by atoms with Gasteiger partial charge in [0.05, 0.1) is 12.2 Å². The van der Waals surface area contributed by atoms with Gasteiger partial charge in [0, 0.05) is 13.7 Å². The number of nitrogens with two attached hydrogens (primary N) is 1. The fraction of sp³-hybridized carbons (Fsp3) is 0.667. The summed E-state index contributed by atoms with van der Waals surface area (Å²) in [6.45, 7) is 6.75. The van der Waals surface area contributed by atoms with Crippen molar-refractivity contribution in [3.05, 3.63) is 6.33 Å². The highest BCUT2D eigenvalue weighted by molar-refractivity contribution is 5.84. The molecule has 1 saturated heterocycles. The maximum absolute atomic E-state index is 15.9. The van der Waals surface area contributed by atoms with Crippen LogP contribution in [0.5, 0.6) is 0 Å². The van der Waals surface area contributed by atoms with Crippen LogP contribution in [-0.4, -0.2) is 63.6 Å². The highest BCUT2D eigenvalue weighted by Crippen LogP contribution is 2.44. The number of aromatic nitrogens is 4. The van der Waals surface area contributed by atoms with E-state index in [-0.39, 0.29) is 31.0 Å². The van der Waals surface area contributed by atoms with Crippen LogP contribution in [0.3, 0.4) is 0 Å². The molecule has 10 nitrogen and oxygen atoms in total. The average Bonchev–Trinajstić information content (AvgIpc) is 3.18. The number of alkyl halides is 1. The smallest absolute Gasteiger partial charge is 0.308 e. The molecule has 0 aromatic carbocycles. The van der Waals surface area contributed by atoms with E-state index >= 15 is 4.39 Å². The third-order valence-electron chi connectivity index (χ3n) is 4.82. The highest BCUT2D eigenvalue weighted by atomic mass is 19.1. The number of nitrogens with zero attached hydrogens (tertiary/aromatic N) is 4. The summed E-state index contributed by atoms with van der Waals surface area (Å²) in [6, 6.07) is 0. The van der Waals surface area contributed by atoms with Gasteiger partial charge in [-0.2, -0.15) is 9.97 Å². The Labute approximate surface area is 167 Å². The van der Waals surface area contributed by atoms with E-state index < -0.39 is 24.1 Å². The van der Waals surface area contributed by atoms with Crippen molar-refractivity contribution < 1.29 is 23.4 Å². The Hall–Kier alpha value is -2.53. The summed E-state index contributed by atoms with van der Waals surface area (Å²) >= 11 is 0. The molecule has 1 fully saturated rings. The van der Waals surface area contributed by atoms with Crippen molar-refractivity contribution in [1.82, 2.24) is 19.5 Å². The van der Waals surface area contributed by atoms with Crippen LogP contribution in [0.15, 0.2) is 6.33 Å². The number of anilines is 2. The second-order valence-corrected chi connectivity index (χ2v) is 7.34. The number of fused-ring (bicyclic) bond motifs is 1. The van der Waals surface area contributed by atoms with Crippen LogP contribution in [0.1, 0.15) is 33.9 Å². The summed E-state index contributed by atoms with van der Waals surface area (Å²) in [5.74, 6) is -0.244. The molecule has 2 aromatic heterocycles. The molecule has 3 rings (SSSR count). The summed E-state index contributed by atoms with van der Waals surface area (Å²) in [4.78, 5) is 24.4. The fourth-order valence-corrected chi connectivity index (χ4v) is 3.40. The number of ether oxygens (including phenoxy) is 3. The van der Waals surface area contributed by atoms with Crippen LogP contribution in [0.25, 0.3) is 11.2 Å². The SMILES string of the molecule is CCO[C@@H]1[C@@H](COC(=O)C(C)C)O[C@@H](n2cnc3c(NC)nc(N)nc32)[C@]1(C)F. The van der Waals surface area contributed by atoms with Crippen LogP contribution < -0.4 is 11.1 Å². The zero-order valence-electron chi connectivity index (χ0n) is 17.2. The second kappa shape index (κ2) is 8.07. The summed E-state index contributed by atoms with van der Waals surface area (Å²) < 4.78 is 34.2. The van der Waals surface area contributed by atoms with E-state index in [1.807, 2.05) is 0 Å². The first-order valence-electron chi connectivity index (χ1n) is 9.51. The van der Waals surface area contributed by atoms with Crippen LogP contribution in [-0.2, 0) is 19.0 Å². The fourth-order valence-electron chi connectivity index (χ4n) is 3.40. The molecule has 11 heteroatoms. The zero-order chi connectivity index (χ0) is 21.3. The molecule has 0 radical (unpaired) electrons. The Kier molecular flexibility index (Phi) is 5.90. The van der Waals surface area contributed by atoms with Crippen molar-refractivity contribution in [2.24, 2.45) is 5.92 Å². The predicted octanol–water partition coefficient (Wildman–Crippen LogP) is 1.68. The van der Waals surface area contributed by atoms with Crippen LogP contribution in [0, 0.1) is 5.92 Å². The van der Waals surface area contributed by atoms with Gasteiger partial charge in [0.15, 0.2) is 28.9 Å². The van der Waals surface area contributed by atoms with E-state index in [0.29, 0.717) is 17.0 Å². The van der Waals surface area contributed by atoms with E-state index in [9.17, 15) is 4.79 Å². The lowest BCUT2D eigenvalue weighted by Gasteiger charge is -2.27. The van der Waals surface area contributed by atoms with Crippen molar-refractivity contribution in [2.75, 3.05) is 31.3 Å². The van der Waals surface area contributed by atoms with E-state index in [0.717, 1.165) is 0 Å². The van der Waals surface area contributed by atoms with Gasteiger partial charge in [-0.3, -0.25) is 9.36 Å². The minimum absolute atomic E-state index is 0.0194. The molecule has 3 N–H and O–H groups in total. The monoisotopic (exact) mass is 410 g/mol. The molecule has 0 spiro atoms. The first kappa shape index (κ1) is 21.2. The summed E-state index contributed by atoms with van der Waals surface area (Å²) in [5, 5.41) is 2.89. The number of nitrogens with one attached hydrogen (secondary N) is 1. The maximum atomic E-state index is 15.9. The normalized spacial score (nSPS) is 26.9. The van der Waals surface area contributed by atoms with Crippen molar-refractivity contribution in [2.45, 2.75) is 51.8 Å². The van der Waals surface area contributed by atoms with Gasteiger partial charge in [-0.25, -0.2) is 9.37 Å². The Balaban J connectivity index is 1.96. The molecule has 1 aliphatic heterocycles. The van der Waals surface area contributed by atoms with Crippen molar-refractivity contribution in [1.29, 1.82) is 0 Å². The van der Waals surface area contributed by atoms with Crippen molar-refractivity contribution in [3.8, 4) is 0 Å². The van der Waals surface area contributed by atoms with Gasteiger partial charge >= 0.3 is 5.97 Å². The van der Waals surface area contributed by atoms with Gasteiger partial charge in [0.2, 0.25) is 5.95 Å². The predicted molar refractivity (Wildman–Crippen MR) is 104 cm³/mol. The third-order valence-corrected chi connectivity index (χ3v) is 4.82. The summed E-state index contributed by atoms with van der Waals surface area (Å²) in [7, 11) is 1.68. The summed E-state index contributed by atoms with van der Waals surface area (Å²) in [6.07, 6.45) is -1.42. The molecule has 0 unspecified atom stereocenters. The Morgan fingerprint density at radius 2 is 2.21 bits per heavy atom. The number of hydrogen-bond donors (Lipinski definition) is 2. The average molecular weight is 410 g/mol. The number of halogens is 1. The van der Waals surface area contributed by atoms with E-state index in [2.05, 4.69) is 20.3 Å². The van der Waals surface area contributed by atoms with Crippen LogP contribution in [0.2, 0.25) is 0 Å². The number of imidazole rings is 1. The van der Waals surface area contributed by atoms with E-state index in [4.69, 9.17) is 19.9 Å². The standard InChI is InChI=1S/C18H27FN6O4/c1-6-27-12-10(7-28-15(26)9(2)3)29-16(18(12,4)19)25-8-22-11-13(21-5)23-17(20)24-14(11)25/h8-10,12,16H,6-7H2,1-5H3,(H3,20,21,23,24)/t10-,12-,16-,18-/m1/s1. The molecule has 0 bridgehead atoms. The van der Waals surface area contributed by atoms with Gasteiger partial charge in [-0.05, 0) is 13.8 Å². The Morgan fingerprint density at radius 1 is 1.48 bits per heavy atom. The van der Waals surface area contributed by atoms with E-state index in [1.165, 1.54) is 17.8 Å². The van der Waals surface area contributed by atoms with E-state index in [1.54, 1.807) is 27.8 Å². The molecule has 4 atom stereocenters. The third kappa shape index (κ3) is 3.84. The first-order valence-corrected chi connectivity index (χ1v) is 9.51. The molecule has 160 valence electrons. The second-order valence-electron chi connectivity index (χ2n) is 7.34. The maximum Gasteiger partial charge on any atom is 0.308 e. The minimum Gasteiger partial charge on any atom is -0.463 e. The van der Waals surface area contributed by atoms with Gasteiger partial charge < -0.3 is 25.3 Å².